The van der Waals surface area contributed by atoms with Gasteiger partial charge >= 0.3 is 11.9 Å². The molecule has 3 aromatic carbocycles. The molecule has 3 aliphatic heterocycles. The molecule has 0 spiro atoms. The smallest absolute Gasteiger partial charge is 0.374 e. The van der Waals surface area contributed by atoms with E-state index in [1.54, 1.807) is 37.4 Å². The van der Waals surface area contributed by atoms with Gasteiger partial charge in [-0.25, -0.2) is 4.79 Å². The molecule has 2 aromatic heterocycles. The fraction of sp³-hybridized carbons (Fsp3) is 0.326. The fourth-order valence-corrected chi connectivity index (χ4v) is 7.89. The van der Waals surface area contributed by atoms with Crippen molar-refractivity contribution in [2.75, 3.05) is 33.9 Å². The summed E-state index contributed by atoms with van der Waals surface area (Å²) < 4.78 is 35.0. The minimum atomic E-state index is -0.817. The number of carbonyl (C=O) groups excluding carboxylic acids is 2. The molecule has 3 saturated heterocycles. The van der Waals surface area contributed by atoms with E-state index in [0.717, 1.165) is 43.6 Å². The van der Waals surface area contributed by atoms with Gasteiger partial charge in [0.15, 0.2) is 11.5 Å². The molecule has 1 unspecified atom stereocenters. The summed E-state index contributed by atoms with van der Waals surface area (Å²) in [5.41, 5.74) is 3.14. The van der Waals surface area contributed by atoms with Crippen molar-refractivity contribution in [2.24, 2.45) is 5.92 Å². The Bertz CT molecular complexity index is 2080. The van der Waals surface area contributed by atoms with Crippen molar-refractivity contribution >= 4 is 35.1 Å². The molecular formula is C43H42Cl2N2O8. The molecule has 8 rings (SSSR count). The number of rotatable bonds is 15. The lowest BCUT2D eigenvalue weighted by Gasteiger charge is -2.44. The third kappa shape index (κ3) is 9.27. The Balaban J connectivity index is 1.03. The van der Waals surface area contributed by atoms with E-state index in [1.807, 2.05) is 54.6 Å². The lowest BCUT2D eigenvalue weighted by atomic mass is 9.85. The highest BCUT2D eigenvalue weighted by Gasteiger charge is 2.37. The largest absolute Gasteiger partial charge is 0.493 e. The number of hydrogen-bond acceptors (Lipinski definition) is 10. The second-order valence-electron chi connectivity index (χ2n) is 13.8. The molecule has 10 nitrogen and oxygen atoms in total. The number of nitrogens with zero attached hydrogens (tertiary/aromatic N) is 2. The van der Waals surface area contributed by atoms with Gasteiger partial charge in [0, 0.05) is 31.3 Å². The standard InChI is InChI=1S/C43H42Cl2N2O8/c1-50-37-13-11-30(20-40(37)51-2)39(21-34-35(44)23-46-24-36(34)45)55-43(49)38-14-12-32(53-38)26-52-31-10-6-9-29(19-31)33(27-7-4-3-5-8-27)22-42(48)54-41-25-47-17-15-28(41)16-18-47/h3-14,19-20,23-24,28,33,39,41H,15-18,21-22,25-26H2,1-2H3/t33-,39?,41-/m0/s1. The normalized spacial score (nSPS) is 18.6. The zero-order chi connectivity index (χ0) is 38.3. The van der Waals surface area contributed by atoms with Gasteiger partial charge in [0.1, 0.15) is 30.3 Å². The molecule has 5 heterocycles. The predicted molar refractivity (Wildman–Crippen MR) is 207 cm³/mol. The maximum atomic E-state index is 13.5. The van der Waals surface area contributed by atoms with Crippen LogP contribution in [-0.4, -0.2) is 61.8 Å². The zero-order valence-electron chi connectivity index (χ0n) is 30.6. The van der Waals surface area contributed by atoms with Gasteiger partial charge in [-0.1, -0.05) is 71.7 Å². The van der Waals surface area contributed by atoms with Crippen molar-refractivity contribution in [2.45, 2.75) is 50.4 Å². The van der Waals surface area contributed by atoms with Crippen molar-refractivity contribution in [3.8, 4) is 17.2 Å². The van der Waals surface area contributed by atoms with Crippen LogP contribution in [0.4, 0.5) is 0 Å². The monoisotopic (exact) mass is 784 g/mol. The Morgan fingerprint density at radius 2 is 1.60 bits per heavy atom. The van der Waals surface area contributed by atoms with Crippen LogP contribution in [0.15, 0.2) is 102 Å². The van der Waals surface area contributed by atoms with Crippen LogP contribution in [-0.2, 0) is 27.3 Å². The number of benzene rings is 3. The van der Waals surface area contributed by atoms with Crippen molar-refractivity contribution in [3.05, 3.63) is 141 Å². The summed E-state index contributed by atoms with van der Waals surface area (Å²) in [5.74, 6) is 1.32. The quantitative estimate of drug-likeness (QED) is 0.0956. The Hall–Kier alpha value is -5.03. The molecule has 55 heavy (non-hydrogen) atoms. The summed E-state index contributed by atoms with van der Waals surface area (Å²) in [6.07, 6.45) is 4.64. The average molecular weight is 786 g/mol. The number of ether oxygens (including phenoxy) is 5. The minimum absolute atomic E-state index is 0.00427. The van der Waals surface area contributed by atoms with Gasteiger partial charge < -0.3 is 28.1 Å². The maximum Gasteiger partial charge on any atom is 0.374 e. The van der Waals surface area contributed by atoms with Gasteiger partial charge in [0.2, 0.25) is 5.76 Å². The molecule has 3 aliphatic rings. The van der Waals surface area contributed by atoms with E-state index in [0.29, 0.717) is 50.1 Å². The molecule has 2 bridgehead atoms. The lowest BCUT2D eigenvalue weighted by Crippen LogP contribution is -2.52. The molecule has 0 saturated carbocycles. The molecule has 0 aliphatic carbocycles. The van der Waals surface area contributed by atoms with E-state index in [1.165, 1.54) is 19.5 Å². The topological polar surface area (TPSA) is 110 Å². The lowest BCUT2D eigenvalue weighted by molar-refractivity contribution is -0.159. The zero-order valence-corrected chi connectivity index (χ0v) is 32.1. The van der Waals surface area contributed by atoms with Crippen LogP contribution in [0.1, 0.15) is 69.9 Å². The number of pyridine rings is 1. The Kier molecular flexibility index (Phi) is 12.3. The van der Waals surface area contributed by atoms with Crippen molar-refractivity contribution in [3.63, 3.8) is 0 Å². The van der Waals surface area contributed by atoms with Gasteiger partial charge in [0.25, 0.3) is 0 Å². The van der Waals surface area contributed by atoms with E-state index in [9.17, 15) is 9.59 Å². The molecular weight excluding hydrogens is 743 g/mol. The molecule has 3 atom stereocenters. The van der Waals surface area contributed by atoms with Gasteiger partial charge in [0.05, 0.1) is 30.7 Å². The summed E-state index contributed by atoms with van der Waals surface area (Å²) in [6, 6.07) is 26.1. The van der Waals surface area contributed by atoms with Gasteiger partial charge in [-0.2, -0.15) is 0 Å². The van der Waals surface area contributed by atoms with Crippen molar-refractivity contribution < 1.29 is 37.7 Å². The van der Waals surface area contributed by atoms with Crippen molar-refractivity contribution in [1.29, 1.82) is 0 Å². The second kappa shape index (κ2) is 17.6. The van der Waals surface area contributed by atoms with E-state index < -0.39 is 12.1 Å². The van der Waals surface area contributed by atoms with E-state index in [2.05, 4.69) is 9.88 Å². The summed E-state index contributed by atoms with van der Waals surface area (Å²) in [7, 11) is 3.07. The summed E-state index contributed by atoms with van der Waals surface area (Å²) in [6.45, 7) is 3.04. The number of piperidine rings is 3. The van der Waals surface area contributed by atoms with Crippen LogP contribution in [0, 0.1) is 5.92 Å². The predicted octanol–water partition coefficient (Wildman–Crippen LogP) is 8.88. The van der Waals surface area contributed by atoms with Gasteiger partial charge in [-0.15, -0.1) is 0 Å². The molecule has 12 heteroatoms. The highest BCUT2D eigenvalue weighted by atomic mass is 35.5. The first-order valence-electron chi connectivity index (χ1n) is 18.3. The molecule has 0 N–H and O–H groups in total. The van der Waals surface area contributed by atoms with E-state index in [4.69, 9.17) is 51.3 Å². The summed E-state index contributed by atoms with van der Waals surface area (Å²) >= 11 is 12.9. The number of fused-ring (bicyclic) bond motifs is 3. The first kappa shape index (κ1) is 38.3. The van der Waals surface area contributed by atoms with E-state index >= 15 is 0 Å². The Morgan fingerprint density at radius 3 is 2.31 bits per heavy atom. The number of esters is 2. The van der Waals surface area contributed by atoms with Gasteiger partial charge in [-0.05, 0) is 90.5 Å². The van der Waals surface area contributed by atoms with Crippen LogP contribution in [0.2, 0.25) is 10.0 Å². The molecule has 3 fully saturated rings. The third-order valence-electron chi connectivity index (χ3n) is 10.3. The summed E-state index contributed by atoms with van der Waals surface area (Å²) in [4.78, 5) is 33.3. The molecule has 0 amide bonds. The number of methoxy groups -OCH3 is 2. The highest BCUT2D eigenvalue weighted by Crippen LogP contribution is 2.37. The van der Waals surface area contributed by atoms with Crippen LogP contribution in [0.3, 0.4) is 0 Å². The number of hydrogen-bond donors (Lipinski definition) is 0. The van der Waals surface area contributed by atoms with E-state index in [-0.39, 0.29) is 43.2 Å². The Morgan fingerprint density at radius 1 is 0.855 bits per heavy atom. The van der Waals surface area contributed by atoms with Crippen LogP contribution >= 0.6 is 23.2 Å². The fourth-order valence-electron chi connectivity index (χ4n) is 7.37. The number of halogens is 2. The molecule has 0 radical (unpaired) electrons. The summed E-state index contributed by atoms with van der Waals surface area (Å²) in [5, 5.41) is 0.685. The average Bonchev–Trinajstić information content (AvgIpc) is 3.70. The van der Waals surface area contributed by atoms with Gasteiger partial charge in [-0.3, -0.25) is 14.7 Å². The number of aromatic nitrogens is 1. The minimum Gasteiger partial charge on any atom is -0.493 e. The van der Waals surface area contributed by atoms with Crippen LogP contribution < -0.4 is 14.2 Å². The number of carbonyl (C=O) groups is 2. The molecule has 286 valence electrons. The SMILES string of the molecule is COc1ccc(C(Cc2c(Cl)cncc2Cl)OC(=O)c2ccc(COc3cccc([C@@H](CC(=O)O[C@H]4CN5CCC4CC5)c4ccccc4)c3)o2)cc1OC. The number of furan rings is 1. The maximum absolute atomic E-state index is 13.5. The highest BCUT2D eigenvalue weighted by molar-refractivity contribution is 6.35. The second-order valence-corrected chi connectivity index (χ2v) is 14.6. The first-order chi connectivity index (χ1) is 26.8. The molecule has 5 aromatic rings. The third-order valence-corrected chi connectivity index (χ3v) is 11.0. The Labute approximate surface area is 330 Å². The van der Waals surface area contributed by atoms with Crippen LogP contribution in [0.25, 0.3) is 0 Å². The van der Waals surface area contributed by atoms with Crippen LogP contribution in [0.5, 0.6) is 17.2 Å². The first-order valence-corrected chi connectivity index (χ1v) is 19.0. The van der Waals surface area contributed by atoms with Crippen molar-refractivity contribution in [1.82, 2.24) is 9.88 Å².